The summed E-state index contributed by atoms with van der Waals surface area (Å²) in [6, 6.07) is 6.14. The van der Waals surface area contributed by atoms with Crippen molar-refractivity contribution in [1.82, 2.24) is 25.4 Å². The van der Waals surface area contributed by atoms with Crippen molar-refractivity contribution in [3.63, 3.8) is 0 Å². The number of aliphatic imine (C=N–C) groups is 1. The first-order valence-electron chi connectivity index (χ1n) is 9.29. The normalized spacial score (nSPS) is 12.2. The molecule has 0 aliphatic heterocycles. The van der Waals surface area contributed by atoms with E-state index in [-0.39, 0.29) is 35.9 Å². The van der Waals surface area contributed by atoms with Crippen LogP contribution in [-0.2, 0) is 13.6 Å². The summed E-state index contributed by atoms with van der Waals surface area (Å²) in [4.78, 5) is 4.59. The Morgan fingerprint density at radius 2 is 2.11 bits per heavy atom. The molecular weight excluding hydrogens is 474 g/mol. The van der Waals surface area contributed by atoms with Gasteiger partial charge in [-0.2, -0.15) is 0 Å². The van der Waals surface area contributed by atoms with Gasteiger partial charge in [0, 0.05) is 19.7 Å². The zero-order chi connectivity index (χ0) is 19.6. The zero-order valence-electron chi connectivity index (χ0n) is 16.9. The minimum absolute atomic E-state index is 0. The van der Waals surface area contributed by atoms with E-state index in [4.69, 9.17) is 4.74 Å². The number of nitrogens with one attached hydrogen (secondary N) is 2. The Morgan fingerprint density at radius 3 is 2.75 bits per heavy atom. The fraction of sp³-hybridized carbons (Fsp3) is 0.526. The second-order valence-electron chi connectivity index (χ2n) is 6.43. The number of rotatable bonds is 9. The minimum atomic E-state index is -0.310. The van der Waals surface area contributed by atoms with Crippen molar-refractivity contribution < 1.29 is 9.13 Å². The number of ether oxygens (including phenoxy) is 1. The van der Waals surface area contributed by atoms with E-state index in [0.29, 0.717) is 24.8 Å². The zero-order valence-corrected chi connectivity index (χ0v) is 19.2. The molecule has 1 heterocycles. The molecule has 0 aliphatic carbocycles. The van der Waals surface area contributed by atoms with Gasteiger partial charge in [-0.25, -0.2) is 9.38 Å². The Bertz CT molecular complexity index is 752. The number of aryl methyl sites for hydroxylation is 1. The first-order chi connectivity index (χ1) is 13.0. The van der Waals surface area contributed by atoms with E-state index in [2.05, 4.69) is 32.7 Å². The summed E-state index contributed by atoms with van der Waals surface area (Å²) >= 11 is 0. The molecule has 2 N–H and O–H groups in total. The molecule has 0 bridgehead atoms. The van der Waals surface area contributed by atoms with Crippen LogP contribution in [-0.4, -0.2) is 39.9 Å². The van der Waals surface area contributed by atoms with Crippen LogP contribution in [0.5, 0.6) is 5.75 Å². The SMILES string of the molecule is CCCCNC(=NCc1nnc(C)n1C)NCC(C)Oc1cccc(F)c1.I. The molecule has 0 saturated carbocycles. The van der Waals surface area contributed by atoms with Crippen LogP contribution < -0.4 is 15.4 Å². The number of aromatic nitrogens is 3. The molecule has 0 amide bonds. The van der Waals surface area contributed by atoms with Crippen molar-refractivity contribution in [2.24, 2.45) is 12.0 Å². The third kappa shape index (κ3) is 7.99. The van der Waals surface area contributed by atoms with Crippen LogP contribution in [0.2, 0.25) is 0 Å². The molecule has 1 aromatic heterocycles. The van der Waals surface area contributed by atoms with E-state index in [1.165, 1.54) is 12.1 Å². The van der Waals surface area contributed by atoms with Crippen LogP contribution in [0.1, 0.15) is 38.3 Å². The second kappa shape index (κ2) is 12.5. The number of guanidine groups is 1. The molecule has 1 atom stereocenters. The van der Waals surface area contributed by atoms with Crippen LogP contribution in [0.3, 0.4) is 0 Å². The average molecular weight is 504 g/mol. The highest BCUT2D eigenvalue weighted by molar-refractivity contribution is 14.0. The van der Waals surface area contributed by atoms with Gasteiger partial charge in [0.05, 0.1) is 6.54 Å². The van der Waals surface area contributed by atoms with Crippen molar-refractivity contribution in [2.75, 3.05) is 13.1 Å². The summed E-state index contributed by atoms with van der Waals surface area (Å²) in [5.74, 6) is 2.55. The average Bonchev–Trinajstić information content (AvgIpc) is 2.95. The Labute approximate surface area is 183 Å². The number of hydrogen-bond acceptors (Lipinski definition) is 4. The fourth-order valence-electron chi connectivity index (χ4n) is 2.35. The van der Waals surface area contributed by atoms with E-state index < -0.39 is 0 Å². The summed E-state index contributed by atoms with van der Waals surface area (Å²) in [5, 5.41) is 14.8. The molecule has 2 aromatic rings. The van der Waals surface area contributed by atoms with Crippen molar-refractivity contribution in [3.8, 4) is 5.75 Å². The summed E-state index contributed by atoms with van der Waals surface area (Å²) in [6.07, 6.45) is 2.00. The lowest BCUT2D eigenvalue weighted by Gasteiger charge is -2.18. The quantitative estimate of drug-likeness (QED) is 0.238. The van der Waals surface area contributed by atoms with Crippen LogP contribution >= 0.6 is 24.0 Å². The Balaban J connectivity index is 0.00000392. The predicted molar refractivity (Wildman–Crippen MR) is 120 cm³/mol. The summed E-state index contributed by atoms with van der Waals surface area (Å²) in [5.41, 5.74) is 0. The molecule has 0 fully saturated rings. The topological polar surface area (TPSA) is 76.4 Å². The van der Waals surface area contributed by atoms with Crippen molar-refractivity contribution >= 4 is 29.9 Å². The van der Waals surface area contributed by atoms with E-state index in [9.17, 15) is 4.39 Å². The van der Waals surface area contributed by atoms with Crippen molar-refractivity contribution in [1.29, 1.82) is 0 Å². The maximum atomic E-state index is 13.3. The fourth-order valence-corrected chi connectivity index (χ4v) is 2.35. The highest BCUT2D eigenvalue weighted by Crippen LogP contribution is 2.13. The monoisotopic (exact) mass is 504 g/mol. The van der Waals surface area contributed by atoms with Gasteiger partial charge in [-0.3, -0.25) is 0 Å². The van der Waals surface area contributed by atoms with E-state index >= 15 is 0 Å². The highest BCUT2D eigenvalue weighted by atomic mass is 127. The third-order valence-electron chi connectivity index (χ3n) is 4.07. The van der Waals surface area contributed by atoms with Gasteiger partial charge >= 0.3 is 0 Å². The second-order valence-corrected chi connectivity index (χ2v) is 6.43. The van der Waals surface area contributed by atoms with Gasteiger partial charge < -0.3 is 19.9 Å². The van der Waals surface area contributed by atoms with E-state index in [0.717, 1.165) is 31.0 Å². The van der Waals surface area contributed by atoms with Crippen LogP contribution in [0.4, 0.5) is 4.39 Å². The number of halogens is 2. The molecule has 1 unspecified atom stereocenters. The van der Waals surface area contributed by atoms with E-state index in [1.54, 1.807) is 12.1 Å². The molecule has 0 radical (unpaired) electrons. The molecule has 156 valence electrons. The third-order valence-corrected chi connectivity index (χ3v) is 4.07. The number of nitrogens with zero attached hydrogens (tertiary/aromatic N) is 4. The van der Waals surface area contributed by atoms with Gasteiger partial charge in [0.2, 0.25) is 0 Å². The van der Waals surface area contributed by atoms with E-state index in [1.807, 2.05) is 25.5 Å². The van der Waals surface area contributed by atoms with Gasteiger partial charge in [-0.05, 0) is 32.4 Å². The number of unbranched alkanes of at least 4 members (excludes halogenated alkanes) is 1. The van der Waals surface area contributed by atoms with Crippen LogP contribution in [0, 0.1) is 12.7 Å². The Morgan fingerprint density at radius 1 is 1.32 bits per heavy atom. The maximum Gasteiger partial charge on any atom is 0.191 e. The molecule has 2 rings (SSSR count). The Hall–Kier alpha value is -1.91. The molecule has 7 nitrogen and oxygen atoms in total. The van der Waals surface area contributed by atoms with Crippen molar-refractivity contribution in [2.45, 2.75) is 46.3 Å². The van der Waals surface area contributed by atoms with Crippen molar-refractivity contribution in [3.05, 3.63) is 41.7 Å². The number of hydrogen-bond donors (Lipinski definition) is 2. The van der Waals surface area contributed by atoms with Crippen LogP contribution in [0.25, 0.3) is 0 Å². The molecule has 1 aromatic carbocycles. The molecule has 9 heteroatoms. The smallest absolute Gasteiger partial charge is 0.191 e. The van der Waals surface area contributed by atoms with Gasteiger partial charge in [-0.15, -0.1) is 34.2 Å². The summed E-state index contributed by atoms with van der Waals surface area (Å²) < 4.78 is 20.9. The molecule has 0 aliphatic rings. The lowest BCUT2D eigenvalue weighted by atomic mass is 10.3. The predicted octanol–water partition coefficient (Wildman–Crippen LogP) is 3.18. The first kappa shape index (κ1) is 24.1. The van der Waals surface area contributed by atoms with Crippen LogP contribution in [0.15, 0.2) is 29.3 Å². The number of benzene rings is 1. The molecule has 28 heavy (non-hydrogen) atoms. The van der Waals surface area contributed by atoms with Gasteiger partial charge in [0.25, 0.3) is 0 Å². The molecule has 0 saturated heterocycles. The lowest BCUT2D eigenvalue weighted by molar-refractivity contribution is 0.223. The minimum Gasteiger partial charge on any atom is -0.489 e. The molecular formula is C19H30FIN6O. The largest absolute Gasteiger partial charge is 0.489 e. The highest BCUT2D eigenvalue weighted by Gasteiger charge is 2.08. The van der Waals surface area contributed by atoms with Gasteiger partial charge in [-0.1, -0.05) is 19.4 Å². The van der Waals surface area contributed by atoms with Gasteiger partial charge in [0.15, 0.2) is 11.8 Å². The molecule has 0 spiro atoms. The summed E-state index contributed by atoms with van der Waals surface area (Å²) in [6.45, 7) is 7.77. The maximum absolute atomic E-state index is 13.3. The standard InChI is InChI=1S/C19H29FN6O.HI/c1-5-6-10-21-19(23-13-18-25-24-15(3)26(18)4)22-12-14(2)27-17-9-7-8-16(20)11-17;/h7-9,11,14H,5-6,10,12-13H2,1-4H3,(H2,21,22,23);1H. The van der Waals surface area contributed by atoms with Gasteiger partial charge in [0.1, 0.15) is 30.0 Å². The first-order valence-corrected chi connectivity index (χ1v) is 9.29. The summed E-state index contributed by atoms with van der Waals surface area (Å²) in [7, 11) is 1.92. The lowest BCUT2D eigenvalue weighted by Crippen LogP contribution is -2.42. The Kier molecular flexibility index (Phi) is 10.8.